The molecule has 0 radical (unpaired) electrons. The maximum atomic E-state index is 14.7. The van der Waals surface area contributed by atoms with Crippen molar-refractivity contribution in [1.29, 1.82) is 0 Å². The number of thiazole rings is 1. The lowest BCUT2D eigenvalue weighted by atomic mass is 10.1. The van der Waals surface area contributed by atoms with Crippen molar-refractivity contribution in [1.82, 2.24) is 24.8 Å². The van der Waals surface area contributed by atoms with Gasteiger partial charge < -0.3 is 20.3 Å². The fourth-order valence-corrected chi connectivity index (χ4v) is 10.1. The fraction of sp³-hybridized carbons (Fsp3) is 0.462. The zero-order chi connectivity index (χ0) is 39.2. The van der Waals surface area contributed by atoms with Gasteiger partial charge in [-0.15, -0.1) is 11.3 Å². The first kappa shape index (κ1) is 38.3. The number of aromatic nitrogens is 1. The van der Waals surface area contributed by atoms with E-state index in [4.69, 9.17) is 21.3 Å². The van der Waals surface area contributed by atoms with Crippen molar-refractivity contribution >= 4 is 61.9 Å². The normalized spacial score (nSPS) is 27.2. The SMILES string of the molecule is O=C1N[C@@]2(C(=O)NS(=O)(=O)C3CC3)C[C@@H]2/C=C\CCCCC[C@H](Nc2nc(-c3ccc(Cl)cc3)cs2)C(=O)N2C[C@H](OC(=O)N3Cc4cccc(F)c4C3)C[C@@H]12. The van der Waals surface area contributed by atoms with Crippen LogP contribution in [0.1, 0.15) is 68.9 Å². The molecule has 0 unspecified atom stereocenters. The Morgan fingerprint density at radius 2 is 1.86 bits per heavy atom. The van der Waals surface area contributed by atoms with Crippen LogP contribution in [0.2, 0.25) is 5.02 Å². The summed E-state index contributed by atoms with van der Waals surface area (Å²) in [6.07, 6.45) is 6.70. The third kappa shape index (κ3) is 8.00. The second-order valence-corrected chi connectivity index (χ2v) is 18.5. The van der Waals surface area contributed by atoms with Crippen LogP contribution in [-0.2, 0) is 42.2 Å². The van der Waals surface area contributed by atoms with Crippen LogP contribution in [0.15, 0.2) is 60.0 Å². The van der Waals surface area contributed by atoms with Gasteiger partial charge in [0.05, 0.1) is 24.0 Å². The molecular formula is C39H42ClFN6O7S2. The standard InChI is InChI=1S/C39H42ClFN6O7S2/c40-26-13-11-23(12-14-26)32-22-55-37(43-32)42-31-10-5-3-1-2-4-8-25-18-39(25,36(50)45-56(52,53)28-15-16-28)44-34(48)33-17-27(20-47(33)35(31)49)54-38(51)46-19-24-7-6-9-30(41)29(24)21-46/h4,6-9,11-14,22,25,27-28,31,33H,1-3,5,10,15-21H2,(H,42,43)(H,44,48)(H,45,50)/b8-4-/t25-,27+,31-,33-,39-/m0/s1. The van der Waals surface area contributed by atoms with E-state index in [9.17, 15) is 32.0 Å². The molecule has 1 saturated heterocycles. The lowest BCUT2D eigenvalue weighted by Gasteiger charge is -2.29. The van der Waals surface area contributed by atoms with Crippen molar-refractivity contribution in [2.24, 2.45) is 5.92 Å². The molecule has 3 aliphatic heterocycles. The maximum absolute atomic E-state index is 14.7. The summed E-state index contributed by atoms with van der Waals surface area (Å²) in [5.41, 5.74) is 1.11. The number of anilines is 1. The van der Waals surface area contributed by atoms with Crippen molar-refractivity contribution in [3.05, 3.63) is 82.0 Å². The van der Waals surface area contributed by atoms with E-state index in [0.29, 0.717) is 59.1 Å². The van der Waals surface area contributed by atoms with Crippen molar-refractivity contribution in [2.75, 3.05) is 11.9 Å². The Bertz CT molecular complexity index is 2180. The van der Waals surface area contributed by atoms with Crippen LogP contribution in [0, 0.1) is 11.7 Å². The number of nitrogens with one attached hydrogen (secondary N) is 3. The van der Waals surface area contributed by atoms with Crippen LogP contribution in [0.4, 0.5) is 14.3 Å². The lowest BCUT2D eigenvalue weighted by molar-refractivity contribution is -0.140. The zero-order valence-electron chi connectivity index (χ0n) is 30.4. The molecule has 5 atom stereocenters. The summed E-state index contributed by atoms with van der Waals surface area (Å²) in [5, 5.41) is 8.50. The molecule has 2 aromatic carbocycles. The third-order valence-corrected chi connectivity index (χ3v) is 14.1. The summed E-state index contributed by atoms with van der Waals surface area (Å²) < 4.78 is 48.3. The molecule has 3 aromatic rings. The number of ether oxygens (including phenoxy) is 1. The minimum absolute atomic E-state index is 0.0221. The number of carbonyl (C=O) groups is 4. The average molecular weight is 825 g/mol. The molecular weight excluding hydrogens is 783 g/mol. The number of sulfonamides is 1. The predicted octanol–water partition coefficient (Wildman–Crippen LogP) is 5.51. The van der Waals surface area contributed by atoms with Crippen molar-refractivity contribution in [2.45, 2.75) is 99.9 Å². The topological polar surface area (TPSA) is 167 Å². The minimum atomic E-state index is -3.91. The van der Waals surface area contributed by atoms with E-state index in [1.165, 1.54) is 27.2 Å². The van der Waals surface area contributed by atoms with E-state index in [2.05, 4.69) is 15.4 Å². The highest BCUT2D eigenvalue weighted by molar-refractivity contribution is 7.91. The summed E-state index contributed by atoms with van der Waals surface area (Å²) in [5.74, 6) is -2.73. The molecule has 296 valence electrons. The second-order valence-electron chi connectivity index (χ2n) is 15.2. The summed E-state index contributed by atoms with van der Waals surface area (Å²) >= 11 is 7.42. The molecule has 0 bridgehead atoms. The van der Waals surface area contributed by atoms with Gasteiger partial charge in [0, 0.05) is 40.4 Å². The number of carbonyl (C=O) groups excluding carboxylic acids is 4. The highest BCUT2D eigenvalue weighted by Gasteiger charge is 2.62. The van der Waals surface area contributed by atoms with Gasteiger partial charge in [0.15, 0.2) is 5.13 Å². The van der Waals surface area contributed by atoms with E-state index in [0.717, 1.165) is 18.4 Å². The average Bonchev–Trinajstić information content (AvgIpc) is 3.97. The van der Waals surface area contributed by atoms with Crippen molar-refractivity contribution in [3.63, 3.8) is 0 Å². The van der Waals surface area contributed by atoms with E-state index in [1.807, 2.05) is 29.7 Å². The highest BCUT2D eigenvalue weighted by Crippen LogP contribution is 2.46. The molecule has 5 aliphatic rings. The Hall–Kier alpha value is -4.54. The molecule has 8 rings (SSSR count). The number of hydrogen-bond acceptors (Lipinski definition) is 10. The fourth-order valence-electron chi connectivity index (χ4n) is 7.82. The number of hydrogen-bond donors (Lipinski definition) is 3. The van der Waals surface area contributed by atoms with E-state index in [1.54, 1.807) is 24.3 Å². The van der Waals surface area contributed by atoms with Gasteiger partial charge in [-0.2, -0.15) is 0 Å². The molecule has 3 fully saturated rings. The minimum Gasteiger partial charge on any atom is -0.444 e. The Labute approximate surface area is 333 Å². The van der Waals surface area contributed by atoms with E-state index in [-0.39, 0.29) is 32.5 Å². The Kier molecular flexibility index (Phi) is 10.6. The number of nitrogens with zero attached hydrogens (tertiary/aromatic N) is 3. The molecule has 3 N–H and O–H groups in total. The number of fused-ring (bicyclic) bond motifs is 3. The number of benzene rings is 2. The molecule has 2 aliphatic carbocycles. The number of halogens is 2. The van der Waals surface area contributed by atoms with Crippen molar-refractivity contribution in [3.8, 4) is 11.3 Å². The Balaban J connectivity index is 1.06. The zero-order valence-corrected chi connectivity index (χ0v) is 32.8. The molecule has 17 heteroatoms. The van der Waals surface area contributed by atoms with Gasteiger partial charge in [0.25, 0.3) is 5.91 Å². The first-order chi connectivity index (χ1) is 26.9. The van der Waals surface area contributed by atoms with Crippen LogP contribution < -0.4 is 15.4 Å². The first-order valence-corrected chi connectivity index (χ1v) is 21.8. The molecule has 4 amide bonds. The van der Waals surface area contributed by atoms with Gasteiger partial charge in [-0.1, -0.05) is 60.9 Å². The van der Waals surface area contributed by atoms with Gasteiger partial charge in [-0.05, 0) is 62.3 Å². The highest BCUT2D eigenvalue weighted by atomic mass is 35.5. The third-order valence-electron chi connectivity index (χ3n) is 11.2. The maximum Gasteiger partial charge on any atom is 0.410 e. The van der Waals surface area contributed by atoms with Gasteiger partial charge >= 0.3 is 6.09 Å². The largest absolute Gasteiger partial charge is 0.444 e. The summed E-state index contributed by atoms with van der Waals surface area (Å²) in [7, 11) is -3.91. The van der Waals surface area contributed by atoms with Crippen LogP contribution in [0.3, 0.4) is 0 Å². The molecule has 1 aromatic heterocycles. The number of amides is 4. The molecule has 0 spiro atoms. The number of allylic oxidation sites excluding steroid dienone is 1. The quantitative estimate of drug-likeness (QED) is 0.261. The van der Waals surface area contributed by atoms with Crippen molar-refractivity contribution < 1.29 is 36.7 Å². The van der Waals surface area contributed by atoms with Gasteiger partial charge in [-0.3, -0.25) is 24.0 Å². The molecule has 13 nitrogen and oxygen atoms in total. The van der Waals surface area contributed by atoms with E-state index >= 15 is 0 Å². The monoisotopic (exact) mass is 824 g/mol. The smallest absolute Gasteiger partial charge is 0.410 e. The van der Waals surface area contributed by atoms with Crippen LogP contribution in [0.5, 0.6) is 0 Å². The lowest BCUT2D eigenvalue weighted by Crippen LogP contribution is -2.57. The summed E-state index contributed by atoms with van der Waals surface area (Å²) in [4.78, 5) is 63.7. The Morgan fingerprint density at radius 3 is 2.62 bits per heavy atom. The molecule has 4 heterocycles. The summed E-state index contributed by atoms with van der Waals surface area (Å²) in [6, 6.07) is 9.97. The van der Waals surface area contributed by atoms with Crippen LogP contribution >= 0.6 is 22.9 Å². The van der Waals surface area contributed by atoms with E-state index < -0.39 is 74.5 Å². The molecule has 2 saturated carbocycles. The van der Waals surface area contributed by atoms with Crippen LogP contribution in [-0.4, -0.2) is 82.5 Å². The predicted molar refractivity (Wildman–Crippen MR) is 207 cm³/mol. The van der Waals surface area contributed by atoms with Gasteiger partial charge in [-0.25, -0.2) is 22.6 Å². The second kappa shape index (κ2) is 15.4. The molecule has 56 heavy (non-hydrogen) atoms. The summed E-state index contributed by atoms with van der Waals surface area (Å²) in [6.45, 7) is 0.0655. The van der Waals surface area contributed by atoms with Gasteiger partial charge in [0.2, 0.25) is 21.8 Å². The van der Waals surface area contributed by atoms with Crippen LogP contribution in [0.25, 0.3) is 11.3 Å². The number of rotatable bonds is 7. The first-order valence-electron chi connectivity index (χ1n) is 19.0. The Morgan fingerprint density at radius 1 is 1.05 bits per heavy atom. The van der Waals surface area contributed by atoms with Gasteiger partial charge in [0.1, 0.15) is 29.5 Å².